The molecule has 7 heteroatoms. The molecule has 2 aromatic heterocycles. The van der Waals surface area contributed by atoms with Crippen LogP contribution in [0, 0.1) is 0 Å². The van der Waals surface area contributed by atoms with Crippen LogP contribution in [0.2, 0.25) is 0 Å². The lowest BCUT2D eigenvalue weighted by Crippen LogP contribution is -2.16. The highest BCUT2D eigenvalue weighted by atomic mass is 32.2. The van der Waals surface area contributed by atoms with E-state index in [0.29, 0.717) is 0 Å². The topological polar surface area (TPSA) is 72.7 Å². The van der Waals surface area contributed by atoms with Crippen molar-refractivity contribution in [2.45, 2.75) is 31.5 Å². The molecule has 6 nitrogen and oxygen atoms in total. The summed E-state index contributed by atoms with van der Waals surface area (Å²) in [5, 5.41) is 12.5. The Bertz CT molecular complexity index is 1160. The van der Waals surface area contributed by atoms with Crippen molar-refractivity contribution < 1.29 is 4.79 Å². The monoisotopic (exact) mass is 443 g/mol. The SMILES string of the molecule is CCCn1c(SCC(=O)Nc2ccccc2Cc2ccccc2)nnc1-c1ccncc1. The molecule has 4 rings (SSSR count). The first-order chi connectivity index (χ1) is 15.7. The van der Waals surface area contributed by atoms with E-state index in [2.05, 4.69) is 50.2 Å². The number of benzene rings is 2. The summed E-state index contributed by atoms with van der Waals surface area (Å²) in [7, 11) is 0. The van der Waals surface area contributed by atoms with E-state index in [4.69, 9.17) is 0 Å². The van der Waals surface area contributed by atoms with Crippen molar-refractivity contribution in [1.82, 2.24) is 19.7 Å². The number of thioether (sulfide) groups is 1. The zero-order valence-corrected chi connectivity index (χ0v) is 18.8. The van der Waals surface area contributed by atoms with Crippen molar-refractivity contribution >= 4 is 23.4 Å². The summed E-state index contributed by atoms with van der Waals surface area (Å²) in [6.45, 7) is 2.90. The number of anilines is 1. The highest BCUT2D eigenvalue weighted by Crippen LogP contribution is 2.25. The summed E-state index contributed by atoms with van der Waals surface area (Å²) < 4.78 is 2.07. The fourth-order valence-electron chi connectivity index (χ4n) is 3.46. The first kappa shape index (κ1) is 21.8. The Kier molecular flexibility index (Phi) is 7.30. The minimum absolute atomic E-state index is 0.0629. The number of carbonyl (C=O) groups is 1. The van der Waals surface area contributed by atoms with Gasteiger partial charge in [-0.3, -0.25) is 9.78 Å². The fraction of sp³-hybridized carbons (Fsp3) is 0.200. The van der Waals surface area contributed by atoms with E-state index in [9.17, 15) is 4.79 Å². The second-order valence-corrected chi connectivity index (χ2v) is 8.29. The summed E-state index contributed by atoms with van der Waals surface area (Å²) in [5.74, 6) is 0.995. The van der Waals surface area contributed by atoms with Crippen LogP contribution < -0.4 is 5.32 Å². The highest BCUT2D eigenvalue weighted by Gasteiger charge is 2.16. The third-order valence-corrected chi connectivity index (χ3v) is 5.93. The Morgan fingerprint density at radius 1 is 0.969 bits per heavy atom. The van der Waals surface area contributed by atoms with Crippen molar-refractivity contribution in [2.24, 2.45) is 0 Å². The van der Waals surface area contributed by atoms with Gasteiger partial charge in [0.05, 0.1) is 5.75 Å². The smallest absolute Gasteiger partial charge is 0.234 e. The van der Waals surface area contributed by atoms with Crippen molar-refractivity contribution in [3.63, 3.8) is 0 Å². The lowest BCUT2D eigenvalue weighted by Gasteiger charge is -2.12. The quantitative estimate of drug-likeness (QED) is 0.366. The van der Waals surface area contributed by atoms with Crippen LogP contribution in [-0.2, 0) is 17.8 Å². The van der Waals surface area contributed by atoms with E-state index < -0.39 is 0 Å². The van der Waals surface area contributed by atoms with Gasteiger partial charge in [-0.15, -0.1) is 10.2 Å². The molecule has 2 aromatic carbocycles. The molecule has 0 spiro atoms. The molecular weight excluding hydrogens is 418 g/mol. The number of carbonyl (C=O) groups excluding carboxylic acids is 1. The van der Waals surface area contributed by atoms with Gasteiger partial charge in [0.15, 0.2) is 11.0 Å². The number of hydrogen-bond acceptors (Lipinski definition) is 5. The second-order valence-electron chi connectivity index (χ2n) is 7.35. The van der Waals surface area contributed by atoms with Gasteiger partial charge >= 0.3 is 0 Å². The fourth-order valence-corrected chi connectivity index (χ4v) is 4.23. The standard InChI is InChI=1S/C25H25N5OS/c1-2-16-30-24(20-12-14-26-15-13-20)28-29-25(30)32-18-23(31)27-22-11-7-6-10-21(22)17-19-8-4-3-5-9-19/h3-15H,2,16-18H2,1H3,(H,27,31). The van der Waals surface area contributed by atoms with Crippen molar-refractivity contribution in [3.05, 3.63) is 90.3 Å². The van der Waals surface area contributed by atoms with Gasteiger partial charge in [-0.05, 0) is 42.2 Å². The zero-order valence-electron chi connectivity index (χ0n) is 17.9. The lowest BCUT2D eigenvalue weighted by molar-refractivity contribution is -0.113. The lowest BCUT2D eigenvalue weighted by atomic mass is 10.0. The van der Waals surface area contributed by atoms with Crippen LogP contribution in [0.3, 0.4) is 0 Å². The largest absolute Gasteiger partial charge is 0.325 e. The maximum Gasteiger partial charge on any atom is 0.234 e. The van der Waals surface area contributed by atoms with Crippen LogP contribution in [-0.4, -0.2) is 31.4 Å². The molecule has 1 N–H and O–H groups in total. The first-order valence-corrected chi connectivity index (χ1v) is 11.6. The Balaban J connectivity index is 1.44. The Hall–Kier alpha value is -3.45. The first-order valence-electron chi connectivity index (χ1n) is 10.6. The molecule has 0 aliphatic carbocycles. The number of nitrogens with zero attached hydrogens (tertiary/aromatic N) is 4. The highest BCUT2D eigenvalue weighted by molar-refractivity contribution is 7.99. The molecule has 4 aromatic rings. The zero-order chi connectivity index (χ0) is 22.2. The summed E-state index contributed by atoms with van der Waals surface area (Å²) in [6.07, 6.45) is 5.20. The van der Waals surface area contributed by atoms with Crippen LogP contribution in [0.5, 0.6) is 0 Å². The molecular formula is C25H25N5OS. The number of amides is 1. The number of aromatic nitrogens is 4. The molecule has 162 valence electrons. The summed E-state index contributed by atoms with van der Waals surface area (Å²) in [4.78, 5) is 16.8. The minimum Gasteiger partial charge on any atom is -0.325 e. The Labute approximate surface area is 192 Å². The molecule has 0 aliphatic heterocycles. The summed E-state index contributed by atoms with van der Waals surface area (Å²) >= 11 is 1.40. The number of para-hydroxylation sites is 1. The Morgan fingerprint density at radius 2 is 1.72 bits per heavy atom. The molecule has 0 aliphatic rings. The van der Waals surface area contributed by atoms with E-state index in [1.165, 1.54) is 17.3 Å². The number of pyridine rings is 1. The van der Waals surface area contributed by atoms with E-state index >= 15 is 0 Å². The predicted molar refractivity (Wildman–Crippen MR) is 129 cm³/mol. The van der Waals surface area contributed by atoms with E-state index in [0.717, 1.165) is 47.2 Å². The average Bonchev–Trinajstić information content (AvgIpc) is 3.23. The van der Waals surface area contributed by atoms with E-state index in [-0.39, 0.29) is 11.7 Å². The third kappa shape index (κ3) is 5.42. The normalized spacial score (nSPS) is 10.8. The molecule has 0 radical (unpaired) electrons. The van der Waals surface area contributed by atoms with Gasteiger partial charge in [-0.1, -0.05) is 67.2 Å². The van der Waals surface area contributed by atoms with Gasteiger partial charge in [-0.25, -0.2) is 0 Å². The molecule has 0 atom stereocenters. The van der Waals surface area contributed by atoms with Crippen LogP contribution in [0.25, 0.3) is 11.4 Å². The molecule has 0 unspecified atom stereocenters. The van der Waals surface area contributed by atoms with Crippen LogP contribution in [0.1, 0.15) is 24.5 Å². The molecule has 0 fully saturated rings. The van der Waals surface area contributed by atoms with Gasteiger partial charge in [0, 0.05) is 30.2 Å². The second kappa shape index (κ2) is 10.7. The molecule has 0 bridgehead atoms. The minimum atomic E-state index is -0.0629. The maximum atomic E-state index is 12.7. The summed E-state index contributed by atoms with van der Waals surface area (Å²) in [5.41, 5.74) is 4.10. The van der Waals surface area contributed by atoms with Gasteiger partial charge in [0.25, 0.3) is 0 Å². The molecule has 1 amide bonds. The van der Waals surface area contributed by atoms with E-state index in [1.54, 1.807) is 12.4 Å². The van der Waals surface area contributed by atoms with Gasteiger partial charge in [-0.2, -0.15) is 0 Å². The number of hydrogen-bond donors (Lipinski definition) is 1. The predicted octanol–water partition coefficient (Wildman–Crippen LogP) is 5.07. The van der Waals surface area contributed by atoms with Crippen molar-refractivity contribution in [3.8, 4) is 11.4 Å². The number of rotatable bonds is 9. The molecule has 2 heterocycles. The number of nitrogens with one attached hydrogen (secondary N) is 1. The molecule has 0 saturated carbocycles. The third-order valence-electron chi connectivity index (χ3n) is 4.96. The van der Waals surface area contributed by atoms with Gasteiger partial charge in [0.1, 0.15) is 0 Å². The molecule has 32 heavy (non-hydrogen) atoms. The van der Waals surface area contributed by atoms with Crippen molar-refractivity contribution in [2.75, 3.05) is 11.1 Å². The van der Waals surface area contributed by atoms with Crippen LogP contribution in [0.4, 0.5) is 5.69 Å². The maximum absolute atomic E-state index is 12.7. The summed E-state index contributed by atoms with van der Waals surface area (Å²) in [6, 6.07) is 22.0. The van der Waals surface area contributed by atoms with E-state index in [1.807, 2.05) is 48.5 Å². The van der Waals surface area contributed by atoms with Crippen LogP contribution in [0.15, 0.2) is 84.3 Å². The van der Waals surface area contributed by atoms with Crippen LogP contribution >= 0.6 is 11.8 Å². The van der Waals surface area contributed by atoms with Gasteiger partial charge < -0.3 is 9.88 Å². The Morgan fingerprint density at radius 3 is 2.50 bits per heavy atom. The average molecular weight is 444 g/mol. The van der Waals surface area contributed by atoms with Gasteiger partial charge in [0.2, 0.25) is 5.91 Å². The molecule has 0 saturated heterocycles. The van der Waals surface area contributed by atoms with Crippen molar-refractivity contribution in [1.29, 1.82) is 0 Å².